The predicted molar refractivity (Wildman–Crippen MR) is 106 cm³/mol. The molecule has 1 N–H and O–H groups in total. The molecule has 1 aromatic carbocycles. The minimum atomic E-state index is 0.0289. The van der Waals surface area contributed by atoms with E-state index in [2.05, 4.69) is 28.5 Å². The Balaban J connectivity index is 1.77. The van der Waals surface area contributed by atoms with Gasteiger partial charge >= 0.3 is 0 Å². The van der Waals surface area contributed by atoms with Crippen LogP contribution in [0.4, 0.5) is 0 Å². The van der Waals surface area contributed by atoms with Crippen molar-refractivity contribution < 1.29 is 4.79 Å². The number of imidazole rings is 1. The summed E-state index contributed by atoms with van der Waals surface area (Å²) in [5.41, 5.74) is 4.23. The summed E-state index contributed by atoms with van der Waals surface area (Å²) in [4.78, 5) is 24.4. The van der Waals surface area contributed by atoms with Crippen molar-refractivity contribution in [3.63, 3.8) is 0 Å². The van der Waals surface area contributed by atoms with Crippen molar-refractivity contribution in [3.05, 3.63) is 54.4 Å². The van der Waals surface area contributed by atoms with Crippen LogP contribution in [-0.4, -0.2) is 50.3 Å². The highest BCUT2D eigenvalue weighted by molar-refractivity contribution is 6.06. The number of amides is 1. The molecular weight excluding hydrogens is 338 g/mol. The highest BCUT2D eigenvalue weighted by Gasteiger charge is 2.28. The monoisotopic (exact) mass is 359 g/mol. The average molecular weight is 359 g/mol. The summed E-state index contributed by atoms with van der Waals surface area (Å²) in [6.07, 6.45) is 3.58. The van der Waals surface area contributed by atoms with Crippen molar-refractivity contribution in [2.45, 2.75) is 25.9 Å². The van der Waals surface area contributed by atoms with Gasteiger partial charge in [0.05, 0.1) is 22.1 Å². The lowest BCUT2D eigenvalue weighted by molar-refractivity contribution is 0.0675. The standard InChI is InChI=1S/C21H21N5O/c1-13-11-25(12-14(2)23-13)21(27)16-9-15-10-22-8-7-18(15)26-19-6-4-3-5-17(19)24-20(16)26/h3-10,13-14,23H,11-12H2,1-2H3. The van der Waals surface area contributed by atoms with Crippen LogP contribution in [0.15, 0.2) is 48.8 Å². The van der Waals surface area contributed by atoms with Gasteiger partial charge in [0.25, 0.3) is 5.91 Å². The second-order valence-corrected chi connectivity index (χ2v) is 7.43. The molecule has 0 bridgehead atoms. The largest absolute Gasteiger partial charge is 0.335 e. The van der Waals surface area contributed by atoms with Crippen LogP contribution in [0.3, 0.4) is 0 Å². The van der Waals surface area contributed by atoms with E-state index < -0.39 is 0 Å². The molecule has 2 unspecified atom stereocenters. The van der Waals surface area contributed by atoms with E-state index in [1.807, 2.05) is 47.5 Å². The van der Waals surface area contributed by atoms with Crippen molar-refractivity contribution in [3.8, 4) is 0 Å². The van der Waals surface area contributed by atoms with Gasteiger partial charge in [0.1, 0.15) is 0 Å². The molecule has 4 aromatic rings. The van der Waals surface area contributed by atoms with Crippen molar-refractivity contribution in [2.24, 2.45) is 0 Å². The zero-order chi connectivity index (χ0) is 18.5. The molecule has 1 aliphatic heterocycles. The summed E-state index contributed by atoms with van der Waals surface area (Å²) in [5.74, 6) is 0.0289. The van der Waals surface area contributed by atoms with E-state index in [0.717, 1.165) is 21.9 Å². The van der Waals surface area contributed by atoms with Crippen LogP contribution in [-0.2, 0) is 0 Å². The number of carbonyl (C=O) groups is 1. The Morgan fingerprint density at radius 3 is 2.70 bits per heavy atom. The molecule has 6 heteroatoms. The number of carbonyl (C=O) groups excluding carboxylic acids is 1. The van der Waals surface area contributed by atoms with Crippen molar-refractivity contribution in [2.75, 3.05) is 13.1 Å². The van der Waals surface area contributed by atoms with E-state index in [9.17, 15) is 4.79 Å². The first-order chi connectivity index (χ1) is 13.1. The van der Waals surface area contributed by atoms with Gasteiger partial charge in [0.2, 0.25) is 0 Å². The maximum atomic E-state index is 13.4. The van der Waals surface area contributed by atoms with Crippen LogP contribution in [0.1, 0.15) is 24.2 Å². The normalized spacial score (nSPS) is 20.6. The number of nitrogens with zero attached hydrogens (tertiary/aromatic N) is 4. The van der Waals surface area contributed by atoms with Crippen LogP contribution < -0.4 is 5.32 Å². The molecule has 1 aliphatic rings. The highest BCUT2D eigenvalue weighted by Crippen LogP contribution is 2.27. The summed E-state index contributed by atoms with van der Waals surface area (Å²) in [6.45, 7) is 5.61. The summed E-state index contributed by atoms with van der Waals surface area (Å²) in [6, 6.07) is 12.4. The van der Waals surface area contributed by atoms with Crippen molar-refractivity contribution >= 4 is 33.5 Å². The molecule has 5 rings (SSSR count). The second kappa shape index (κ2) is 6.03. The van der Waals surface area contributed by atoms with E-state index in [-0.39, 0.29) is 18.0 Å². The van der Waals surface area contributed by atoms with Gasteiger partial charge in [-0.25, -0.2) is 4.98 Å². The lowest BCUT2D eigenvalue weighted by atomic mass is 10.1. The molecule has 2 atom stereocenters. The number of rotatable bonds is 1. The second-order valence-electron chi connectivity index (χ2n) is 7.43. The van der Waals surface area contributed by atoms with E-state index >= 15 is 0 Å². The van der Waals surface area contributed by atoms with Crippen molar-refractivity contribution in [1.29, 1.82) is 0 Å². The van der Waals surface area contributed by atoms with Crippen molar-refractivity contribution in [1.82, 2.24) is 24.6 Å². The smallest absolute Gasteiger partial charge is 0.257 e. The average Bonchev–Trinajstić information content (AvgIpc) is 3.06. The fourth-order valence-electron chi connectivity index (χ4n) is 4.21. The molecule has 0 aliphatic carbocycles. The topological polar surface area (TPSA) is 62.5 Å². The number of aromatic nitrogens is 3. The van der Waals surface area contributed by atoms with Gasteiger partial charge in [-0.1, -0.05) is 12.1 Å². The number of piperazine rings is 1. The molecule has 3 aromatic heterocycles. The minimum Gasteiger partial charge on any atom is -0.335 e. The zero-order valence-corrected chi connectivity index (χ0v) is 15.4. The fourth-order valence-corrected chi connectivity index (χ4v) is 4.21. The van der Waals surface area contributed by atoms with Crippen LogP contribution in [0.25, 0.3) is 27.6 Å². The molecule has 0 saturated carbocycles. The van der Waals surface area contributed by atoms with Crippen LogP contribution in [0.2, 0.25) is 0 Å². The first-order valence-electron chi connectivity index (χ1n) is 9.31. The van der Waals surface area contributed by atoms with Crippen LogP contribution in [0, 0.1) is 0 Å². The molecule has 27 heavy (non-hydrogen) atoms. The Hall–Kier alpha value is -2.99. The third-order valence-corrected chi connectivity index (χ3v) is 5.25. The summed E-state index contributed by atoms with van der Waals surface area (Å²) >= 11 is 0. The SMILES string of the molecule is CC1CN(C(=O)c2cc3cnccc3n3c2nc2ccccc23)CC(C)N1. The Kier molecular flexibility index (Phi) is 3.62. The number of hydrogen-bond acceptors (Lipinski definition) is 4. The molecule has 1 saturated heterocycles. The molecule has 0 radical (unpaired) electrons. The molecule has 6 nitrogen and oxygen atoms in total. The number of pyridine rings is 2. The van der Waals surface area contributed by atoms with Crippen LogP contribution in [0.5, 0.6) is 0 Å². The van der Waals surface area contributed by atoms with E-state index in [4.69, 9.17) is 4.98 Å². The van der Waals surface area contributed by atoms with Gasteiger partial charge in [0.15, 0.2) is 5.65 Å². The maximum absolute atomic E-state index is 13.4. The highest BCUT2D eigenvalue weighted by atomic mass is 16.2. The number of fused-ring (bicyclic) bond motifs is 5. The molecular formula is C21H21N5O. The Labute approximate surface area is 156 Å². The summed E-state index contributed by atoms with van der Waals surface area (Å²) < 4.78 is 2.08. The maximum Gasteiger partial charge on any atom is 0.257 e. The third kappa shape index (κ3) is 2.56. The Morgan fingerprint density at radius 1 is 1.11 bits per heavy atom. The minimum absolute atomic E-state index is 0.0289. The zero-order valence-electron chi connectivity index (χ0n) is 15.4. The first-order valence-corrected chi connectivity index (χ1v) is 9.31. The fraction of sp³-hybridized carbons (Fsp3) is 0.286. The molecule has 1 amide bonds. The third-order valence-electron chi connectivity index (χ3n) is 5.25. The number of hydrogen-bond donors (Lipinski definition) is 1. The lowest BCUT2D eigenvalue weighted by Crippen LogP contribution is -2.55. The van der Waals surface area contributed by atoms with Gasteiger partial charge in [-0.2, -0.15) is 0 Å². The molecule has 4 heterocycles. The van der Waals surface area contributed by atoms with E-state index in [0.29, 0.717) is 24.3 Å². The quantitative estimate of drug-likeness (QED) is 0.568. The van der Waals surface area contributed by atoms with E-state index in [1.54, 1.807) is 6.20 Å². The van der Waals surface area contributed by atoms with Gasteiger partial charge in [0, 0.05) is 43.0 Å². The first kappa shape index (κ1) is 16.2. The Bertz CT molecular complexity index is 1170. The summed E-state index contributed by atoms with van der Waals surface area (Å²) in [5, 5.41) is 4.42. The molecule has 0 spiro atoms. The van der Waals surface area contributed by atoms with Gasteiger partial charge < -0.3 is 10.2 Å². The predicted octanol–water partition coefficient (Wildman–Crippen LogP) is 2.86. The number of benzene rings is 1. The van der Waals surface area contributed by atoms with Crippen LogP contribution >= 0.6 is 0 Å². The number of nitrogens with one attached hydrogen (secondary N) is 1. The Morgan fingerprint density at radius 2 is 1.89 bits per heavy atom. The molecule has 136 valence electrons. The van der Waals surface area contributed by atoms with E-state index in [1.165, 1.54) is 0 Å². The van der Waals surface area contributed by atoms with Gasteiger partial charge in [-0.15, -0.1) is 0 Å². The number of para-hydroxylation sites is 2. The van der Waals surface area contributed by atoms with Gasteiger partial charge in [-0.3, -0.25) is 14.2 Å². The van der Waals surface area contributed by atoms with Gasteiger partial charge in [-0.05, 0) is 38.1 Å². The lowest BCUT2D eigenvalue weighted by Gasteiger charge is -2.36. The summed E-state index contributed by atoms with van der Waals surface area (Å²) in [7, 11) is 0. The molecule has 1 fully saturated rings.